The number of rotatable bonds is 4. The van der Waals surface area contributed by atoms with Gasteiger partial charge in [-0.2, -0.15) is 0 Å². The maximum Gasteiger partial charge on any atom is 0.172 e. The summed E-state index contributed by atoms with van der Waals surface area (Å²) in [6, 6.07) is 9.03. The smallest absolute Gasteiger partial charge is 0.172 e. The third-order valence-corrected chi connectivity index (χ3v) is 4.39. The van der Waals surface area contributed by atoms with E-state index in [1.807, 2.05) is 24.3 Å². The van der Waals surface area contributed by atoms with Gasteiger partial charge in [-0.15, -0.1) is 0 Å². The van der Waals surface area contributed by atoms with E-state index >= 15 is 0 Å². The van der Waals surface area contributed by atoms with E-state index in [4.69, 9.17) is 15.7 Å². The Kier molecular flexibility index (Phi) is 3.15. The Morgan fingerprint density at radius 3 is 2.62 bits per heavy atom. The highest BCUT2D eigenvalue weighted by Gasteiger charge is 2.30. The van der Waals surface area contributed by atoms with Crippen molar-refractivity contribution in [1.29, 1.82) is 0 Å². The van der Waals surface area contributed by atoms with Crippen molar-refractivity contribution in [2.24, 2.45) is 5.73 Å². The summed E-state index contributed by atoms with van der Waals surface area (Å²) in [6.45, 7) is 1.70. The number of nitrogens with two attached hydrogens (primary N) is 1. The van der Waals surface area contributed by atoms with Crippen LogP contribution in [0.25, 0.3) is 11.0 Å². The summed E-state index contributed by atoms with van der Waals surface area (Å²) >= 11 is 0. The molecule has 2 aromatic rings. The maximum atomic E-state index is 5.93. The van der Waals surface area contributed by atoms with Gasteiger partial charge in [-0.1, -0.05) is 12.1 Å². The lowest BCUT2D eigenvalue weighted by Crippen LogP contribution is -2.36. The monoisotopic (exact) mass is 283 g/mol. The molecule has 3 N–H and O–H groups in total. The fourth-order valence-electron chi connectivity index (χ4n) is 3.07. The Balaban J connectivity index is 1.79. The maximum absolute atomic E-state index is 5.93. The molecule has 5 nitrogen and oxygen atoms in total. The Morgan fingerprint density at radius 2 is 1.90 bits per heavy atom. The van der Waals surface area contributed by atoms with Crippen LogP contribution in [-0.2, 0) is 0 Å². The average Bonchev–Trinajstić information content (AvgIpc) is 3.20. The van der Waals surface area contributed by atoms with Gasteiger partial charge < -0.3 is 16.0 Å². The summed E-state index contributed by atoms with van der Waals surface area (Å²) in [5.41, 5.74) is 7.83. The fourth-order valence-corrected chi connectivity index (χ4v) is 3.07. The molecular formula is C16H21N5. The molecule has 2 aliphatic rings. The minimum absolute atomic E-state index is 0.389. The first-order valence-electron chi connectivity index (χ1n) is 7.85. The summed E-state index contributed by atoms with van der Waals surface area (Å²) in [4.78, 5) is 12.0. The Labute approximate surface area is 124 Å². The molecular weight excluding hydrogens is 262 g/mol. The molecule has 0 unspecified atom stereocenters. The molecule has 1 atom stereocenters. The van der Waals surface area contributed by atoms with Crippen molar-refractivity contribution in [1.82, 2.24) is 9.97 Å². The molecule has 1 saturated carbocycles. The van der Waals surface area contributed by atoms with Crippen molar-refractivity contribution in [3.05, 3.63) is 24.3 Å². The fraction of sp³-hybridized carbons (Fsp3) is 0.500. The zero-order valence-electron chi connectivity index (χ0n) is 12.1. The Morgan fingerprint density at radius 1 is 1.14 bits per heavy atom. The van der Waals surface area contributed by atoms with Crippen molar-refractivity contribution in [2.45, 2.75) is 37.8 Å². The van der Waals surface area contributed by atoms with Gasteiger partial charge in [0.15, 0.2) is 11.6 Å². The minimum Gasteiger partial charge on any atom is -0.364 e. The molecule has 0 spiro atoms. The molecule has 0 bridgehead atoms. The first kappa shape index (κ1) is 12.8. The van der Waals surface area contributed by atoms with E-state index in [0.717, 1.165) is 35.6 Å². The molecule has 2 fully saturated rings. The van der Waals surface area contributed by atoms with Crippen LogP contribution in [0.2, 0.25) is 0 Å². The number of anilines is 2. The van der Waals surface area contributed by atoms with E-state index in [9.17, 15) is 0 Å². The van der Waals surface area contributed by atoms with Gasteiger partial charge in [0.1, 0.15) is 0 Å². The molecule has 1 aromatic carbocycles. The van der Waals surface area contributed by atoms with Gasteiger partial charge in [0.2, 0.25) is 0 Å². The molecule has 1 saturated heterocycles. The highest BCUT2D eigenvalue weighted by atomic mass is 15.3. The van der Waals surface area contributed by atoms with Crippen LogP contribution in [-0.4, -0.2) is 35.1 Å². The minimum atomic E-state index is 0.389. The quantitative estimate of drug-likeness (QED) is 0.900. The van der Waals surface area contributed by atoms with Gasteiger partial charge in [-0.3, -0.25) is 0 Å². The molecule has 21 heavy (non-hydrogen) atoms. The molecule has 110 valence electrons. The number of hydrogen-bond donors (Lipinski definition) is 2. The van der Waals surface area contributed by atoms with Crippen LogP contribution in [0.5, 0.6) is 0 Å². The van der Waals surface area contributed by atoms with Gasteiger partial charge in [0.05, 0.1) is 11.0 Å². The van der Waals surface area contributed by atoms with E-state index in [2.05, 4.69) is 10.2 Å². The van der Waals surface area contributed by atoms with Gasteiger partial charge >= 0.3 is 0 Å². The third-order valence-electron chi connectivity index (χ3n) is 4.39. The molecule has 4 rings (SSSR count). The zero-order valence-corrected chi connectivity index (χ0v) is 12.1. The number of aromatic nitrogens is 2. The predicted molar refractivity (Wildman–Crippen MR) is 85.6 cm³/mol. The Bertz CT molecular complexity index is 652. The van der Waals surface area contributed by atoms with Gasteiger partial charge in [-0.25, -0.2) is 9.97 Å². The van der Waals surface area contributed by atoms with Crippen molar-refractivity contribution in [3.8, 4) is 0 Å². The first-order chi connectivity index (χ1) is 10.3. The first-order valence-corrected chi connectivity index (χ1v) is 7.85. The van der Waals surface area contributed by atoms with Crippen LogP contribution >= 0.6 is 0 Å². The second-order valence-corrected chi connectivity index (χ2v) is 6.03. The lowest BCUT2D eigenvalue weighted by molar-refractivity contribution is 0.672. The van der Waals surface area contributed by atoms with Crippen LogP contribution < -0.4 is 16.0 Å². The van der Waals surface area contributed by atoms with Crippen molar-refractivity contribution in [3.63, 3.8) is 0 Å². The van der Waals surface area contributed by atoms with Gasteiger partial charge in [0, 0.05) is 25.2 Å². The van der Waals surface area contributed by atoms with E-state index in [-0.39, 0.29) is 0 Å². The van der Waals surface area contributed by atoms with Crippen LogP contribution in [0, 0.1) is 0 Å². The summed E-state index contributed by atoms with van der Waals surface area (Å²) in [5, 5.41) is 3.54. The second-order valence-electron chi connectivity index (χ2n) is 6.03. The lowest BCUT2D eigenvalue weighted by Gasteiger charge is -2.26. The summed E-state index contributed by atoms with van der Waals surface area (Å²) in [6.07, 6.45) is 4.79. The predicted octanol–water partition coefficient (Wildman–Crippen LogP) is 2.13. The molecule has 0 radical (unpaired) electrons. The van der Waals surface area contributed by atoms with Gasteiger partial charge in [0.25, 0.3) is 0 Å². The lowest BCUT2D eigenvalue weighted by atomic mass is 10.2. The van der Waals surface area contributed by atoms with Gasteiger partial charge in [-0.05, 0) is 37.8 Å². The van der Waals surface area contributed by atoms with Crippen molar-refractivity contribution >= 4 is 22.7 Å². The Hall–Kier alpha value is -1.88. The molecule has 0 amide bonds. The molecule has 1 aromatic heterocycles. The number of para-hydroxylation sites is 2. The van der Waals surface area contributed by atoms with Crippen LogP contribution in [0.1, 0.15) is 25.7 Å². The molecule has 2 heterocycles. The summed E-state index contributed by atoms with van der Waals surface area (Å²) in [7, 11) is 0. The zero-order chi connectivity index (χ0) is 14.2. The summed E-state index contributed by atoms with van der Waals surface area (Å²) in [5.74, 6) is 1.91. The number of hydrogen-bond acceptors (Lipinski definition) is 5. The highest BCUT2D eigenvalue weighted by Crippen LogP contribution is 2.33. The van der Waals surface area contributed by atoms with Crippen LogP contribution in [0.4, 0.5) is 11.6 Å². The van der Waals surface area contributed by atoms with E-state index in [1.54, 1.807) is 0 Å². The summed E-state index contributed by atoms with van der Waals surface area (Å²) < 4.78 is 0. The van der Waals surface area contributed by atoms with Crippen LogP contribution in [0.3, 0.4) is 0 Å². The van der Waals surface area contributed by atoms with E-state index < -0.39 is 0 Å². The second kappa shape index (κ2) is 5.15. The number of nitrogens with one attached hydrogen (secondary N) is 1. The molecule has 5 heteroatoms. The molecule has 1 aliphatic heterocycles. The third kappa shape index (κ3) is 2.42. The number of fused-ring (bicyclic) bond motifs is 1. The normalized spacial score (nSPS) is 22.0. The number of nitrogens with zero attached hydrogens (tertiary/aromatic N) is 3. The van der Waals surface area contributed by atoms with Crippen molar-refractivity contribution in [2.75, 3.05) is 23.3 Å². The topological polar surface area (TPSA) is 67.1 Å². The average molecular weight is 283 g/mol. The molecule has 1 aliphatic carbocycles. The van der Waals surface area contributed by atoms with Crippen molar-refractivity contribution < 1.29 is 0 Å². The number of benzene rings is 1. The van der Waals surface area contributed by atoms with Crippen LogP contribution in [0.15, 0.2) is 24.3 Å². The standard InChI is InChI=1S/C16H21N5/c17-10-12-4-3-9-21(12)16-15(18-11-7-8-11)19-13-5-1-2-6-14(13)20-16/h1-2,5-6,11-12H,3-4,7-10,17H2,(H,18,19)/t12-/m1/s1. The SMILES string of the molecule is NC[C@H]1CCCN1c1nc2ccccc2nc1NC1CC1. The largest absolute Gasteiger partial charge is 0.364 e. The van der Waals surface area contributed by atoms with E-state index in [1.165, 1.54) is 19.3 Å². The van der Waals surface area contributed by atoms with E-state index in [0.29, 0.717) is 18.6 Å². The highest BCUT2D eigenvalue weighted by molar-refractivity contribution is 5.81.